The van der Waals surface area contributed by atoms with Crippen molar-refractivity contribution >= 4 is 17.4 Å². The second-order valence-electron chi connectivity index (χ2n) is 14.6. The number of aliphatic hydroxyl groups excluding tert-OH is 1. The molecule has 2 aromatic carbocycles. The maximum atomic E-state index is 17.5. The van der Waals surface area contributed by atoms with E-state index in [4.69, 9.17) is 9.47 Å². The molecule has 252 valence electrons. The number of aliphatic hydroxyl groups is 1. The van der Waals surface area contributed by atoms with Crippen molar-refractivity contribution in [1.82, 2.24) is 0 Å². The Labute approximate surface area is 275 Å². The number of hydrogen-bond acceptors (Lipinski definition) is 6. The predicted octanol–water partition coefficient (Wildman–Crippen LogP) is 6.90. The Kier molecular flexibility index (Phi) is 8.09. The number of anilines is 1. The van der Waals surface area contributed by atoms with Crippen molar-refractivity contribution < 1.29 is 38.1 Å². The van der Waals surface area contributed by atoms with Gasteiger partial charge >= 0.3 is 5.97 Å². The number of fused-ring (bicyclic) bond motifs is 7. The third-order valence-corrected chi connectivity index (χ3v) is 11.7. The molecule has 9 heteroatoms. The summed E-state index contributed by atoms with van der Waals surface area (Å²) >= 11 is 0. The molecule has 0 spiro atoms. The summed E-state index contributed by atoms with van der Waals surface area (Å²) in [6, 6.07) is 16.2. The van der Waals surface area contributed by atoms with E-state index >= 15 is 8.78 Å². The highest BCUT2D eigenvalue weighted by molar-refractivity contribution is 6.01. The standard InChI is InChI=1S/C37H41F2NO6.CH4/c1-20(2)40-24-7-5-6-22(15-24)14-21-8-10-23(11-9-21)32-45-31-18-26-27-17-29(38)28-16-25(41)12-13-34(28,3)36(27,39)30(42)19-35(26,4)37(31,46-32)33(43)44;/h5-13,15-16,20,26-27,29-32,40,42H,14,17-19H2,1-4H3,(H,43,44);1H4/t26-,27-,29-,30-,31+,32+,34-,35-,36-,37-;/m0./s1. The van der Waals surface area contributed by atoms with E-state index in [9.17, 15) is 19.8 Å². The number of ether oxygens (including phenoxy) is 2. The van der Waals surface area contributed by atoms with Gasteiger partial charge in [0.15, 0.2) is 23.3 Å². The predicted molar refractivity (Wildman–Crippen MR) is 174 cm³/mol. The van der Waals surface area contributed by atoms with E-state index < -0.39 is 70.4 Å². The van der Waals surface area contributed by atoms with Gasteiger partial charge in [-0.2, -0.15) is 0 Å². The average Bonchev–Trinajstić information content (AvgIpc) is 3.50. The minimum atomic E-state index is -2.30. The van der Waals surface area contributed by atoms with Crippen LogP contribution in [0.3, 0.4) is 0 Å². The first kappa shape index (κ1) is 33.5. The van der Waals surface area contributed by atoms with E-state index in [0.717, 1.165) is 22.9 Å². The van der Waals surface area contributed by atoms with Crippen LogP contribution >= 0.6 is 0 Å². The Morgan fingerprint density at radius 3 is 2.49 bits per heavy atom. The molecular formula is C38H45F2NO6. The van der Waals surface area contributed by atoms with E-state index in [-0.39, 0.29) is 32.3 Å². The molecule has 1 aliphatic heterocycles. The third-order valence-electron chi connectivity index (χ3n) is 11.7. The molecule has 47 heavy (non-hydrogen) atoms. The van der Waals surface area contributed by atoms with Gasteiger partial charge in [-0.05, 0) is 93.4 Å². The minimum absolute atomic E-state index is 0. The molecule has 4 aliphatic carbocycles. The van der Waals surface area contributed by atoms with Gasteiger partial charge in [0.05, 0.1) is 6.10 Å². The van der Waals surface area contributed by atoms with Gasteiger partial charge in [-0.3, -0.25) is 4.79 Å². The fraction of sp³-hybridized carbons (Fsp3) is 0.526. The van der Waals surface area contributed by atoms with Gasteiger partial charge in [0.2, 0.25) is 0 Å². The number of carbonyl (C=O) groups is 2. The van der Waals surface area contributed by atoms with Gasteiger partial charge < -0.3 is 25.0 Å². The second-order valence-corrected chi connectivity index (χ2v) is 14.6. The molecule has 7 rings (SSSR count). The summed E-state index contributed by atoms with van der Waals surface area (Å²) in [7, 11) is 0. The summed E-state index contributed by atoms with van der Waals surface area (Å²) in [5.74, 6) is -3.31. The Bertz CT molecular complexity index is 1640. The average molecular weight is 650 g/mol. The van der Waals surface area contributed by atoms with Crippen LogP contribution < -0.4 is 5.32 Å². The van der Waals surface area contributed by atoms with Crippen LogP contribution in [0.4, 0.5) is 14.5 Å². The fourth-order valence-electron chi connectivity index (χ4n) is 9.60. The van der Waals surface area contributed by atoms with Gasteiger partial charge in [-0.15, -0.1) is 0 Å². The van der Waals surface area contributed by atoms with Crippen LogP contribution in [0.25, 0.3) is 0 Å². The smallest absolute Gasteiger partial charge is 0.339 e. The number of aliphatic carboxylic acids is 1. The molecule has 5 aliphatic rings. The molecule has 1 saturated heterocycles. The summed E-state index contributed by atoms with van der Waals surface area (Å²) in [6.45, 7) is 7.42. The number of nitrogens with one attached hydrogen (secondary N) is 1. The lowest BCUT2D eigenvalue weighted by Gasteiger charge is -2.62. The zero-order valence-electron chi connectivity index (χ0n) is 26.5. The molecule has 0 unspecified atom stereocenters. The van der Waals surface area contributed by atoms with E-state index in [1.54, 1.807) is 6.92 Å². The van der Waals surface area contributed by atoms with Crippen LogP contribution in [0.5, 0.6) is 0 Å². The molecule has 3 N–H and O–H groups in total. The summed E-state index contributed by atoms with van der Waals surface area (Å²) in [5, 5.41) is 25.8. The number of carboxylic acids is 1. The van der Waals surface area contributed by atoms with Crippen LogP contribution in [0.1, 0.15) is 77.4 Å². The first-order valence-corrected chi connectivity index (χ1v) is 16.2. The minimum Gasteiger partial charge on any atom is -0.479 e. The summed E-state index contributed by atoms with van der Waals surface area (Å²) < 4.78 is 46.0. The van der Waals surface area contributed by atoms with Crippen LogP contribution in [0.15, 0.2) is 72.3 Å². The molecule has 2 aromatic rings. The third kappa shape index (κ3) is 4.67. The Balaban J connectivity index is 0.00000386. The highest BCUT2D eigenvalue weighted by atomic mass is 19.1. The monoisotopic (exact) mass is 649 g/mol. The largest absolute Gasteiger partial charge is 0.479 e. The Hall–Kier alpha value is -3.40. The summed E-state index contributed by atoms with van der Waals surface area (Å²) in [6.07, 6.45) is -0.998. The highest BCUT2D eigenvalue weighted by Gasteiger charge is 2.80. The number of halogens is 2. The van der Waals surface area contributed by atoms with Crippen molar-refractivity contribution in [3.63, 3.8) is 0 Å². The van der Waals surface area contributed by atoms with Crippen molar-refractivity contribution in [3.05, 3.63) is 89.0 Å². The molecule has 10 atom stereocenters. The lowest BCUT2D eigenvalue weighted by atomic mass is 9.44. The van der Waals surface area contributed by atoms with Crippen LogP contribution in [0.2, 0.25) is 0 Å². The van der Waals surface area contributed by atoms with E-state index in [1.807, 2.05) is 36.4 Å². The van der Waals surface area contributed by atoms with Crippen LogP contribution in [-0.4, -0.2) is 57.7 Å². The number of carboxylic acid groups (broad SMARTS) is 1. The Morgan fingerprint density at radius 1 is 1.09 bits per heavy atom. The van der Waals surface area contributed by atoms with E-state index in [2.05, 4.69) is 31.3 Å². The van der Waals surface area contributed by atoms with E-state index in [1.165, 1.54) is 19.1 Å². The molecule has 0 radical (unpaired) electrons. The zero-order chi connectivity index (χ0) is 32.8. The van der Waals surface area contributed by atoms with Crippen molar-refractivity contribution in [3.8, 4) is 0 Å². The van der Waals surface area contributed by atoms with Crippen molar-refractivity contribution in [2.45, 2.75) is 103 Å². The number of allylic oxidation sites excluding steroid dienone is 4. The topological polar surface area (TPSA) is 105 Å². The number of carbonyl (C=O) groups excluding carboxylic acids is 1. The van der Waals surface area contributed by atoms with Crippen molar-refractivity contribution in [2.24, 2.45) is 22.7 Å². The van der Waals surface area contributed by atoms with Crippen LogP contribution in [0, 0.1) is 22.7 Å². The molecule has 3 saturated carbocycles. The van der Waals surface area contributed by atoms with Gasteiger partial charge in [-0.1, -0.05) is 56.8 Å². The number of ketones is 1. The maximum Gasteiger partial charge on any atom is 0.339 e. The van der Waals surface area contributed by atoms with Gasteiger partial charge in [0, 0.05) is 34.0 Å². The van der Waals surface area contributed by atoms with E-state index in [0.29, 0.717) is 18.0 Å². The highest BCUT2D eigenvalue weighted by Crippen LogP contribution is 2.72. The molecule has 7 nitrogen and oxygen atoms in total. The van der Waals surface area contributed by atoms with Gasteiger partial charge in [0.25, 0.3) is 0 Å². The SMILES string of the molecule is C.CC(C)Nc1cccc(Cc2ccc([C@@H]3O[C@@H]4C[C@H]5[C@@H]6C[C@H](F)C7=CC(=O)C=C[C@]7(C)[C@@]6(F)[C@@H](O)C[C@]5(C)[C@]4(C(=O)O)O3)cc2)c1. The number of rotatable bonds is 6. The van der Waals surface area contributed by atoms with Gasteiger partial charge in [0.1, 0.15) is 12.3 Å². The normalized spacial score (nSPS) is 40.1. The van der Waals surface area contributed by atoms with Gasteiger partial charge in [-0.25, -0.2) is 13.6 Å². The first-order valence-electron chi connectivity index (χ1n) is 16.2. The second kappa shape index (κ2) is 11.3. The molecule has 4 fully saturated rings. The molecule has 0 amide bonds. The maximum absolute atomic E-state index is 17.5. The lowest BCUT2D eigenvalue weighted by Crippen LogP contribution is -2.70. The number of alkyl halides is 2. The number of hydrogen-bond donors (Lipinski definition) is 3. The summed E-state index contributed by atoms with van der Waals surface area (Å²) in [4.78, 5) is 25.3. The molecule has 1 heterocycles. The van der Waals surface area contributed by atoms with Crippen molar-refractivity contribution in [1.29, 1.82) is 0 Å². The number of benzene rings is 2. The Morgan fingerprint density at radius 2 is 1.81 bits per heavy atom. The summed E-state index contributed by atoms with van der Waals surface area (Å²) in [5.41, 5.74) is -3.01. The lowest BCUT2D eigenvalue weighted by molar-refractivity contribution is -0.240. The molecule has 0 bridgehead atoms. The van der Waals surface area contributed by atoms with Crippen molar-refractivity contribution in [2.75, 3.05) is 5.32 Å². The van der Waals surface area contributed by atoms with Crippen LogP contribution in [-0.2, 0) is 25.5 Å². The zero-order valence-corrected chi connectivity index (χ0v) is 26.5. The first-order chi connectivity index (χ1) is 21.7. The quantitative estimate of drug-likeness (QED) is 0.313. The molecule has 0 aromatic heterocycles. The molecular weight excluding hydrogens is 604 g/mol. The fourth-order valence-corrected chi connectivity index (χ4v) is 9.60.